The molecular formula is C16H14N4O. The lowest BCUT2D eigenvalue weighted by Gasteiger charge is -2.16. The molecule has 0 atom stereocenters. The van der Waals surface area contributed by atoms with Crippen molar-refractivity contribution in [2.45, 2.75) is 6.54 Å². The van der Waals surface area contributed by atoms with Gasteiger partial charge in [-0.2, -0.15) is 5.26 Å². The van der Waals surface area contributed by atoms with Gasteiger partial charge in [0.1, 0.15) is 5.52 Å². The molecule has 1 aromatic heterocycles. The van der Waals surface area contributed by atoms with E-state index < -0.39 is 0 Å². The number of hydrogen-bond acceptors (Lipinski definition) is 5. The summed E-state index contributed by atoms with van der Waals surface area (Å²) in [7, 11) is 1.94. The highest BCUT2D eigenvalue weighted by Crippen LogP contribution is 2.23. The lowest BCUT2D eigenvalue weighted by atomic mass is 10.2. The lowest BCUT2D eigenvalue weighted by Crippen LogP contribution is -2.16. The highest BCUT2D eigenvalue weighted by atomic mass is 16.3. The number of nitrogens with zero attached hydrogens (tertiary/aromatic N) is 3. The van der Waals surface area contributed by atoms with Crippen molar-refractivity contribution in [3.05, 3.63) is 53.9 Å². The summed E-state index contributed by atoms with van der Waals surface area (Å²) in [5.74, 6) is 0.606. The molecule has 104 valence electrons. The van der Waals surface area contributed by atoms with Crippen LogP contribution in [0.15, 0.2) is 46.9 Å². The molecule has 0 aliphatic heterocycles. The Balaban J connectivity index is 1.83. The summed E-state index contributed by atoms with van der Waals surface area (Å²) >= 11 is 0. The Kier molecular flexibility index (Phi) is 3.20. The number of fused-ring (bicyclic) bond motifs is 1. The van der Waals surface area contributed by atoms with Gasteiger partial charge in [-0.1, -0.05) is 6.07 Å². The van der Waals surface area contributed by atoms with Crippen molar-refractivity contribution in [1.82, 2.24) is 4.98 Å². The van der Waals surface area contributed by atoms with Crippen LogP contribution in [0.3, 0.4) is 0 Å². The fourth-order valence-corrected chi connectivity index (χ4v) is 2.17. The number of hydrogen-bond donors (Lipinski definition) is 1. The summed E-state index contributed by atoms with van der Waals surface area (Å²) in [5.41, 5.74) is 9.51. The number of oxazole rings is 1. The largest absolute Gasteiger partial charge is 0.439 e. The Hall–Kier alpha value is -3.00. The van der Waals surface area contributed by atoms with Crippen molar-refractivity contribution in [2.75, 3.05) is 17.7 Å². The Bertz CT molecular complexity index is 814. The fourth-order valence-electron chi connectivity index (χ4n) is 2.17. The molecule has 0 unspecified atom stereocenters. The minimum atomic E-state index is 0.528. The van der Waals surface area contributed by atoms with E-state index in [1.54, 1.807) is 18.2 Å². The summed E-state index contributed by atoms with van der Waals surface area (Å²) in [6.45, 7) is 0.528. The number of para-hydroxylation sites is 1. The molecule has 2 aromatic carbocycles. The second-order valence-electron chi connectivity index (χ2n) is 4.82. The second kappa shape index (κ2) is 5.17. The van der Waals surface area contributed by atoms with Crippen LogP contribution in [-0.2, 0) is 6.54 Å². The minimum Gasteiger partial charge on any atom is -0.439 e. The van der Waals surface area contributed by atoms with Crippen LogP contribution in [0.1, 0.15) is 11.5 Å². The normalized spacial score (nSPS) is 10.5. The Labute approximate surface area is 122 Å². The van der Waals surface area contributed by atoms with Gasteiger partial charge in [0, 0.05) is 12.7 Å². The van der Waals surface area contributed by atoms with Gasteiger partial charge in [0.15, 0.2) is 5.58 Å². The predicted molar refractivity (Wildman–Crippen MR) is 81.7 cm³/mol. The van der Waals surface area contributed by atoms with Crippen molar-refractivity contribution in [3.63, 3.8) is 0 Å². The molecule has 1 heterocycles. The molecule has 0 fully saturated rings. The van der Waals surface area contributed by atoms with Crippen molar-refractivity contribution in [3.8, 4) is 6.07 Å². The second-order valence-corrected chi connectivity index (χ2v) is 4.82. The smallest absolute Gasteiger partial charge is 0.215 e. The zero-order valence-corrected chi connectivity index (χ0v) is 11.6. The monoisotopic (exact) mass is 278 g/mol. The van der Waals surface area contributed by atoms with E-state index in [2.05, 4.69) is 11.1 Å². The van der Waals surface area contributed by atoms with Crippen LogP contribution >= 0.6 is 0 Å². The molecule has 3 aromatic rings. The molecular weight excluding hydrogens is 264 g/mol. The number of nitrogen functional groups attached to an aromatic ring is 1. The average molecular weight is 278 g/mol. The van der Waals surface area contributed by atoms with Crippen LogP contribution in [0.2, 0.25) is 0 Å². The van der Waals surface area contributed by atoms with Crippen molar-refractivity contribution in [2.24, 2.45) is 0 Å². The van der Waals surface area contributed by atoms with Gasteiger partial charge in [-0.3, -0.25) is 0 Å². The van der Waals surface area contributed by atoms with E-state index in [1.807, 2.05) is 36.2 Å². The zero-order chi connectivity index (χ0) is 14.8. The first-order chi connectivity index (χ1) is 10.2. The molecule has 5 nitrogen and oxygen atoms in total. The molecule has 0 aliphatic carbocycles. The minimum absolute atomic E-state index is 0.528. The SMILES string of the molecule is CN(Cc1nc2c(N)cccc2o1)c1ccc(C#N)cc1. The number of benzene rings is 2. The van der Waals surface area contributed by atoms with Crippen LogP contribution in [0.25, 0.3) is 11.1 Å². The van der Waals surface area contributed by atoms with Crippen LogP contribution in [0, 0.1) is 11.3 Å². The van der Waals surface area contributed by atoms with Crippen molar-refractivity contribution < 1.29 is 4.42 Å². The van der Waals surface area contributed by atoms with Gasteiger partial charge in [-0.25, -0.2) is 4.98 Å². The van der Waals surface area contributed by atoms with E-state index in [0.29, 0.717) is 34.8 Å². The van der Waals surface area contributed by atoms with Gasteiger partial charge in [0.2, 0.25) is 5.89 Å². The Morgan fingerprint density at radius 2 is 2.00 bits per heavy atom. The third-order valence-electron chi connectivity index (χ3n) is 3.30. The van der Waals surface area contributed by atoms with Crippen molar-refractivity contribution >= 4 is 22.5 Å². The lowest BCUT2D eigenvalue weighted by molar-refractivity contribution is 0.527. The van der Waals surface area contributed by atoms with E-state index in [0.717, 1.165) is 5.69 Å². The number of nitrogens with two attached hydrogens (primary N) is 1. The highest BCUT2D eigenvalue weighted by molar-refractivity contribution is 5.85. The molecule has 21 heavy (non-hydrogen) atoms. The van der Waals surface area contributed by atoms with Gasteiger partial charge >= 0.3 is 0 Å². The van der Waals surface area contributed by atoms with E-state index in [-0.39, 0.29) is 0 Å². The molecule has 0 aliphatic rings. The molecule has 0 saturated heterocycles. The number of rotatable bonds is 3. The number of anilines is 2. The first-order valence-electron chi connectivity index (χ1n) is 6.52. The van der Waals surface area contributed by atoms with Crippen LogP contribution in [-0.4, -0.2) is 12.0 Å². The number of aromatic nitrogens is 1. The molecule has 0 bridgehead atoms. The van der Waals surface area contributed by atoms with Gasteiger partial charge in [-0.05, 0) is 36.4 Å². The summed E-state index contributed by atoms with van der Waals surface area (Å²) in [6, 6.07) is 15.0. The van der Waals surface area contributed by atoms with Gasteiger partial charge in [-0.15, -0.1) is 0 Å². The fraction of sp³-hybridized carbons (Fsp3) is 0.125. The maximum absolute atomic E-state index is 8.81. The van der Waals surface area contributed by atoms with E-state index in [9.17, 15) is 0 Å². The summed E-state index contributed by atoms with van der Waals surface area (Å²) in [6.07, 6.45) is 0. The quantitative estimate of drug-likeness (QED) is 0.745. The number of nitriles is 1. The maximum atomic E-state index is 8.81. The average Bonchev–Trinajstić information content (AvgIpc) is 2.91. The first kappa shape index (κ1) is 13.0. The topological polar surface area (TPSA) is 79.1 Å². The van der Waals surface area contributed by atoms with Gasteiger partial charge in [0.05, 0.1) is 23.9 Å². The summed E-state index contributed by atoms with van der Waals surface area (Å²) in [5, 5.41) is 8.81. The third kappa shape index (κ3) is 2.51. The molecule has 0 spiro atoms. The van der Waals surface area contributed by atoms with Gasteiger partial charge in [0.25, 0.3) is 0 Å². The van der Waals surface area contributed by atoms with E-state index in [4.69, 9.17) is 15.4 Å². The van der Waals surface area contributed by atoms with Crippen LogP contribution in [0.5, 0.6) is 0 Å². The van der Waals surface area contributed by atoms with E-state index >= 15 is 0 Å². The molecule has 0 amide bonds. The third-order valence-corrected chi connectivity index (χ3v) is 3.30. The van der Waals surface area contributed by atoms with Gasteiger partial charge < -0.3 is 15.1 Å². The molecule has 0 radical (unpaired) electrons. The molecule has 5 heteroatoms. The molecule has 0 saturated carbocycles. The molecule has 3 rings (SSSR count). The Morgan fingerprint density at radius 1 is 1.24 bits per heavy atom. The standard InChI is InChI=1S/C16H14N4O/c1-20(12-7-5-11(9-17)6-8-12)10-15-19-16-13(18)3-2-4-14(16)21-15/h2-8H,10,18H2,1H3. The predicted octanol–water partition coefficient (Wildman–Crippen LogP) is 2.92. The summed E-state index contributed by atoms with van der Waals surface area (Å²) in [4.78, 5) is 6.43. The van der Waals surface area contributed by atoms with Crippen LogP contribution in [0.4, 0.5) is 11.4 Å². The maximum Gasteiger partial charge on any atom is 0.215 e. The zero-order valence-electron chi connectivity index (χ0n) is 11.6. The Morgan fingerprint density at radius 3 is 2.67 bits per heavy atom. The first-order valence-corrected chi connectivity index (χ1v) is 6.52. The molecule has 2 N–H and O–H groups in total. The van der Waals surface area contributed by atoms with Crippen LogP contribution < -0.4 is 10.6 Å². The highest BCUT2D eigenvalue weighted by Gasteiger charge is 2.10. The van der Waals surface area contributed by atoms with Crippen molar-refractivity contribution in [1.29, 1.82) is 5.26 Å². The summed E-state index contributed by atoms with van der Waals surface area (Å²) < 4.78 is 5.70. The van der Waals surface area contributed by atoms with E-state index in [1.165, 1.54) is 0 Å².